The van der Waals surface area contributed by atoms with E-state index in [1.807, 2.05) is 24.3 Å². The Morgan fingerprint density at radius 3 is 2.81 bits per heavy atom. The van der Waals surface area contributed by atoms with Crippen molar-refractivity contribution in [2.24, 2.45) is 0 Å². The van der Waals surface area contributed by atoms with Crippen LogP contribution in [-0.2, 0) is 11.2 Å². The van der Waals surface area contributed by atoms with E-state index in [9.17, 15) is 4.79 Å². The van der Waals surface area contributed by atoms with Gasteiger partial charge in [-0.3, -0.25) is 4.79 Å². The van der Waals surface area contributed by atoms with Crippen LogP contribution in [0.25, 0.3) is 0 Å². The third-order valence-electron chi connectivity index (χ3n) is 4.42. The second-order valence-corrected chi connectivity index (χ2v) is 6.25. The van der Waals surface area contributed by atoms with E-state index in [-0.39, 0.29) is 5.91 Å². The maximum atomic E-state index is 12.1. The van der Waals surface area contributed by atoms with Crippen molar-refractivity contribution in [1.82, 2.24) is 10.2 Å². The molecule has 0 aliphatic heterocycles. The molecule has 1 aliphatic rings. The van der Waals surface area contributed by atoms with E-state index in [0.29, 0.717) is 24.9 Å². The van der Waals surface area contributed by atoms with Crippen LogP contribution in [0.1, 0.15) is 37.7 Å². The van der Waals surface area contributed by atoms with Gasteiger partial charge in [-0.05, 0) is 57.8 Å². The fourth-order valence-electron chi connectivity index (χ4n) is 3.07. The van der Waals surface area contributed by atoms with Gasteiger partial charge in [-0.15, -0.1) is 0 Å². The fraction of sp³-hybridized carbons (Fsp3) is 0.588. The predicted molar refractivity (Wildman–Crippen MR) is 87.0 cm³/mol. The molecule has 116 valence electrons. The van der Waals surface area contributed by atoms with Crippen molar-refractivity contribution in [3.8, 4) is 0 Å². The van der Waals surface area contributed by atoms with Gasteiger partial charge in [0.2, 0.25) is 5.91 Å². The number of hydrogen-bond acceptors (Lipinski definition) is 3. The highest BCUT2D eigenvalue weighted by molar-refractivity contribution is 5.76. The number of nitrogen functional groups attached to an aromatic ring is 1. The number of carbonyl (C=O) groups is 1. The number of benzene rings is 1. The van der Waals surface area contributed by atoms with Crippen LogP contribution in [0.3, 0.4) is 0 Å². The van der Waals surface area contributed by atoms with Crippen molar-refractivity contribution in [3.05, 3.63) is 29.8 Å². The van der Waals surface area contributed by atoms with Crippen molar-refractivity contribution < 1.29 is 4.79 Å². The number of rotatable bonds is 5. The predicted octanol–water partition coefficient (Wildman–Crippen LogP) is 2.19. The molecule has 1 saturated carbocycles. The molecule has 2 unspecified atom stereocenters. The molecule has 1 amide bonds. The lowest BCUT2D eigenvalue weighted by Crippen LogP contribution is -2.43. The van der Waals surface area contributed by atoms with Gasteiger partial charge >= 0.3 is 0 Å². The molecule has 0 heterocycles. The molecule has 21 heavy (non-hydrogen) atoms. The Labute approximate surface area is 127 Å². The molecule has 1 fully saturated rings. The normalized spacial score (nSPS) is 22.2. The molecular formula is C17H27N3O. The van der Waals surface area contributed by atoms with Crippen molar-refractivity contribution in [3.63, 3.8) is 0 Å². The minimum atomic E-state index is 0.141. The van der Waals surface area contributed by atoms with Crippen LogP contribution < -0.4 is 11.1 Å². The molecular weight excluding hydrogens is 262 g/mol. The van der Waals surface area contributed by atoms with Crippen molar-refractivity contribution >= 4 is 11.6 Å². The fourth-order valence-corrected chi connectivity index (χ4v) is 3.07. The number of nitrogens with zero attached hydrogens (tertiary/aromatic N) is 1. The largest absolute Gasteiger partial charge is 0.399 e. The van der Waals surface area contributed by atoms with Gasteiger partial charge in [0, 0.05) is 24.2 Å². The summed E-state index contributed by atoms with van der Waals surface area (Å²) in [6.45, 7) is 0. The standard InChI is InChI=1S/C17H27N3O/c1-20(2)15-8-5-7-14(12-15)19-17(21)11-10-13-6-3-4-9-16(13)18/h3-4,6,9,14-15H,5,7-8,10-12,18H2,1-2H3,(H,19,21). The average molecular weight is 289 g/mol. The SMILES string of the molecule is CN(C)C1CCCC(NC(=O)CCc2ccccc2N)C1. The molecule has 2 atom stereocenters. The highest BCUT2D eigenvalue weighted by atomic mass is 16.1. The lowest BCUT2D eigenvalue weighted by atomic mass is 9.90. The summed E-state index contributed by atoms with van der Waals surface area (Å²) in [6.07, 6.45) is 5.81. The quantitative estimate of drug-likeness (QED) is 0.817. The number of hydrogen-bond donors (Lipinski definition) is 2. The second-order valence-electron chi connectivity index (χ2n) is 6.25. The Kier molecular flexibility index (Phi) is 5.62. The first-order valence-electron chi connectivity index (χ1n) is 7.85. The van der Waals surface area contributed by atoms with E-state index in [1.54, 1.807) is 0 Å². The summed E-state index contributed by atoms with van der Waals surface area (Å²) in [5.41, 5.74) is 7.74. The maximum Gasteiger partial charge on any atom is 0.220 e. The minimum Gasteiger partial charge on any atom is -0.399 e. The lowest BCUT2D eigenvalue weighted by molar-refractivity contribution is -0.122. The van der Waals surface area contributed by atoms with Gasteiger partial charge in [0.15, 0.2) is 0 Å². The number of amides is 1. The zero-order chi connectivity index (χ0) is 15.2. The molecule has 1 aromatic rings. The number of para-hydroxylation sites is 1. The average Bonchev–Trinajstić information content (AvgIpc) is 2.46. The molecule has 0 aromatic heterocycles. The Bertz CT molecular complexity index is 473. The van der Waals surface area contributed by atoms with Crippen LogP contribution in [0.5, 0.6) is 0 Å². The molecule has 1 aromatic carbocycles. The molecule has 0 saturated heterocycles. The lowest BCUT2D eigenvalue weighted by Gasteiger charge is -2.33. The molecule has 4 heteroatoms. The smallest absolute Gasteiger partial charge is 0.220 e. The maximum absolute atomic E-state index is 12.1. The summed E-state index contributed by atoms with van der Waals surface area (Å²) in [5, 5.41) is 3.19. The van der Waals surface area contributed by atoms with Gasteiger partial charge in [0.05, 0.1) is 0 Å². The molecule has 0 bridgehead atoms. The molecule has 4 nitrogen and oxygen atoms in total. The number of nitrogens with one attached hydrogen (secondary N) is 1. The summed E-state index contributed by atoms with van der Waals surface area (Å²) in [6, 6.07) is 8.68. The Balaban J connectivity index is 1.78. The molecule has 2 rings (SSSR count). The van der Waals surface area contributed by atoms with Crippen LogP contribution in [0.4, 0.5) is 5.69 Å². The number of aryl methyl sites for hydroxylation is 1. The van der Waals surface area contributed by atoms with E-state index in [4.69, 9.17) is 5.73 Å². The van der Waals surface area contributed by atoms with Gasteiger partial charge in [0.25, 0.3) is 0 Å². The summed E-state index contributed by atoms with van der Waals surface area (Å²) >= 11 is 0. The summed E-state index contributed by atoms with van der Waals surface area (Å²) in [5.74, 6) is 0.141. The van der Waals surface area contributed by atoms with Crippen molar-refractivity contribution in [2.45, 2.75) is 50.6 Å². The van der Waals surface area contributed by atoms with Crippen molar-refractivity contribution in [2.75, 3.05) is 19.8 Å². The van der Waals surface area contributed by atoms with E-state index in [1.165, 1.54) is 12.8 Å². The van der Waals surface area contributed by atoms with Gasteiger partial charge in [-0.1, -0.05) is 18.2 Å². The van der Waals surface area contributed by atoms with Crippen LogP contribution in [0.2, 0.25) is 0 Å². The van der Waals surface area contributed by atoms with Gasteiger partial charge in [-0.2, -0.15) is 0 Å². The topological polar surface area (TPSA) is 58.4 Å². The van der Waals surface area contributed by atoms with Crippen LogP contribution in [-0.4, -0.2) is 37.0 Å². The molecule has 0 radical (unpaired) electrons. The highest BCUT2D eigenvalue weighted by Gasteiger charge is 2.24. The first-order chi connectivity index (χ1) is 10.1. The monoisotopic (exact) mass is 289 g/mol. The second kappa shape index (κ2) is 7.46. The molecule has 3 N–H and O–H groups in total. The summed E-state index contributed by atoms with van der Waals surface area (Å²) in [4.78, 5) is 14.4. The van der Waals surface area contributed by atoms with Gasteiger partial charge in [-0.25, -0.2) is 0 Å². The van der Waals surface area contributed by atoms with E-state index < -0.39 is 0 Å². The first kappa shape index (κ1) is 15.8. The van der Waals surface area contributed by atoms with Crippen molar-refractivity contribution in [1.29, 1.82) is 0 Å². The third kappa shape index (κ3) is 4.74. The van der Waals surface area contributed by atoms with Gasteiger partial charge in [0.1, 0.15) is 0 Å². The Morgan fingerprint density at radius 1 is 1.33 bits per heavy atom. The van der Waals surface area contributed by atoms with E-state index in [2.05, 4.69) is 24.3 Å². The minimum absolute atomic E-state index is 0.141. The van der Waals surface area contributed by atoms with Crippen LogP contribution >= 0.6 is 0 Å². The van der Waals surface area contributed by atoms with Gasteiger partial charge < -0.3 is 16.0 Å². The van der Waals surface area contributed by atoms with Crippen LogP contribution in [0, 0.1) is 0 Å². The zero-order valence-corrected chi connectivity index (χ0v) is 13.1. The third-order valence-corrected chi connectivity index (χ3v) is 4.42. The summed E-state index contributed by atoms with van der Waals surface area (Å²) < 4.78 is 0. The highest BCUT2D eigenvalue weighted by Crippen LogP contribution is 2.21. The van der Waals surface area contributed by atoms with E-state index in [0.717, 1.165) is 24.1 Å². The Hall–Kier alpha value is -1.55. The number of nitrogens with two attached hydrogens (primary N) is 1. The Morgan fingerprint density at radius 2 is 2.10 bits per heavy atom. The molecule has 0 spiro atoms. The van der Waals surface area contributed by atoms with Crippen LogP contribution in [0.15, 0.2) is 24.3 Å². The zero-order valence-electron chi connectivity index (χ0n) is 13.1. The first-order valence-corrected chi connectivity index (χ1v) is 7.85. The number of carbonyl (C=O) groups excluding carboxylic acids is 1. The van der Waals surface area contributed by atoms with E-state index >= 15 is 0 Å². The number of anilines is 1. The summed E-state index contributed by atoms with van der Waals surface area (Å²) in [7, 11) is 4.24. The molecule has 1 aliphatic carbocycles.